The molecule has 0 saturated carbocycles. The van der Waals surface area contributed by atoms with E-state index < -0.39 is 0 Å². The van der Waals surface area contributed by atoms with Crippen LogP contribution >= 0.6 is 0 Å². The minimum Gasteiger partial charge on any atom is -0.372 e. The average Bonchev–Trinajstić information content (AvgIpc) is 2.47. The minimum absolute atomic E-state index is 0.0487. The molecule has 1 amide bonds. The standard InChI is InChI=1S/C15H25N3O/c1-4-6-8-12(5-2)11-18-15(19)13-9-7-10-17-14(13)16-3/h7,9-10,12H,4-6,8,11H2,1-3H3,(H,16,17)(H,18,19). The molecule has 0 saturated heterocycles. The smallest absolute Gasteiger partial charge is 0.255 e. The van der Waals surface area contributed by atoms with Gasteiger partial charge in [-0.25, -0.2) is 4.98 Å². The van der Waals surface area contributed by atoms with Gasteiger partial charge in [0.15, 0.2) is 0 Å². The van der Waals surface area contributed by atoms with Crippen LogP contribution in [-0.4, -0.2) is 24.5 Å². The quantitative estimate of drug-likeness (QED) is 0.758. The Bertz CT molecular complexity index is 393. The molecule has 0 radical (unpaired) electrons. The molecule has 0 bridgehead atoms. The van der Waals surface area contributed by atoms with Gasteiger partial charge in [0, 0.05) is 19.8 Å². The van der Waals surface area contributed by atoms with Crippen molar-refractivity contribution in [2.75, 3.05) is 18.9 Å². The molecule has 0 aliphatic heterocycles. The van der Waals surface area contributed by atoms with E-state index >= 15 is 0 Å². The van der Waals surface area contributed by atoms with Crippen LogP contribution in [0.2, 0.25) is 0 Å². The Morgan fingerprint density at radius 1 is 1.42 bits per heavy atom. The molecule has 2 N–H and O–H groups in total. The summed E-state index contributed by atoms with van der Waals surface area (Å²) in [5, 5.41) is 5.96. The highest BCUT2D eigenvalue weighted by Gasteiger charge is 2.13. The first-order chi connectivity index (χ1) is 9.22. The number of aromatic nitrogens is 1. The molecule has 1 heterocycles. The fraction of sp³-hybridized carbons (Fsp3) is 0.600. The number of nitrogens with one attached hydrogen (secondary N) is 2. The Kier molecular flexibility index (Phi) is 6.93. The molecular formula is C15H25N3O. The zero-order valence-electron chi connectivity index (χ0n) is 12.2. The monoisotopic (exact) mass is 263 g/mol. The van der Waals surface area contributed by atoms with Crippen LogP contribution in [0.15, 0.2) is 18.3 Å². The van der Waals surface area contributed by atoms with Crippen molar-refractivity contribution in [3.05, 3.63) is 23.9 Å². The molecule has 19 heavy (non-hydrogen) atoms. The van der Waals surface area contributed by atoms with Crippen LogP contribution in [-0.2, 0) is 0 Å². The van der Waals surface area contributed by atoms with E-state index in [9.17, 15) is 4.79 Å². The second-order valence-electron chi connectivity index (χ2n) is 4.78. The SMILES string of the molecule is CCCCC(CC)CNC(=O)c1cccnc1NC. The topological polar surface area (TPSA) is 54.0 Å². The second kappa shape index (κ2) is 8.51. The molecule has 0 aliphatic carbocycles. The normalized spacial score (nSPS) is 11.9. The fourth-order valence-corrected chi connectivity index (χ4v) is 2.06. The van der Waals surface area contributed by atoms with Crippen LogP contribution in [0.4, 0.5) is 5.82 Å². The van der Waals surface area contributed by atoms with Crippen LogP contribution in [0.5, 0.6) is 0 Å². The first kappa shape index (κ1) is 15.5. The maximum Gasteiger partial charge on any atom is 0.255 e. The molecule has 1 aromatic heterocycles. The van der Waals surface area contributed by atoms with Gasteiger partial charge in [-0.2, -0.15) is 0 Å². The lowest BCUT2D eigenvalue weighted by Crippen LogP contribution is -2.29. The zero-order chi connectivity index (χ0) is 14.1. The summed E-state index contributed by atoms with van der Waals surface area (Å²) in [4.78, 5) is 16.3. The summed E-state index contributed by atoms with van der Waals surface area (Å²) < 4.78 is 0. The van der Waals surface area contributed by atoms with Crippen molar-refractivity contribution in [1.82, 2.24) is 10.3 Å². The van der Waals surface area contributed by atoms with Gasteiger partial charge < -0.3 is 10.6 Å². The Hall–Kier alpha value is -1.58. The summed E-state index contributed by atoms with van der Waals surface area (Å²) >= 11 is 0. The van der Waals surface area contributed by atoms with Crippen molar-refractivity contribution in [2.24, 2.45) is 5.92 Å². The molecule has 1 atom stereocenters. The molecular weight excluding hydrogens is 238 g/mol. The van der Waals surface area contributed by atoms with E-state index in [4.69, 9.17) is 0 Å². The predicted molar refractivity (Wildman–Crippen MR) is 79.4 cm³/mol. The molecule has 1 aromatic rings. The van der Waals surface area contributed by atoms with Gasteiger partial charge in [0.1, 0.15) is 5.82 Å². The van der Waals surface area contributed by atoms with Gasteiger partial charge in [-0.3, -0.25) is 4.79 Å². The number of nitrogens with zero attached hydrogens (tertiary/aromatic N) is 1. The molecule has 1 rings (SSSR count). The molecule has 0 fully saturated rings. The van der Waals surface area contributed by atoms with Gasteiger partial charge in [-0.1, -0.05) is 33.1 Å². The van der Waals surface area contributed by atoms with Gasteiger partial charge in [0.05, 0.1) is 5.56 Å². The van der Waals surface area contributed by atoms with E-state index in [1.54, 1.807) is 25.4 Å². The molecule has 0 aromatic carbocycles. The summed E-state index contributed by atoms with van der Waals surface area (Å²) in [5.41, 5.74) is 0.607. The third kappa shape index (κ3) is 4.89. The third-order valence-electron chi connectivity index (χ3n) is 3.38. The maximum atomic E-state index is 12.1. The summed E-state index contributed by atoms with van der Waals surface area (Å²) in [6.45, 7) is 5.11. The summed E-state index contributed by atoms with van der Waals surface area (Å²) in [7, 11) is 1.77. The van der Waals surface area contributed by atoms with Crippen molar-refractivity contribution >= 4 is 11.7 Å². The maximum absolute atomic E-state index is 12.1. The van der Waals surface area contributed by atoms with Crippen molar-refractivity contribution in [2.45, 2.75) is 39.5 Å². The van der Waals surface area contributed by atoms with Crippen LogP contribution in [0.3, 0.4) is 0 Å². The van der Waals surface area contributed by atoms with E-state index in [1.807, 2.05) is 0 Å². The van der Waals surface area contributed by atoms with E-state index in [1.165, 1.54) is 19.3 Å². The van der Waals surface area contributed by atoms with Crippen molar-refractivity contribution < 1.29 is 4.79 Å². The number of hydrogen-bond donors (Lipinski definition) is 2. The van der Waals surface area contributed by atoms with Crippen molar-refractivity contribution in [1.29, 1.82) is 0 Å². The lowest BCUT2D eigenvalue weighted by Gasteiger charge is -2.16. The minimum atomic E-state index is -0.0487. The Balaban J connectivity index is 2.54. The number of anilines is 1. The highest BCUT2D eigenvalue weighted by molar-refractivity contribution is 5.98. The molecule has 106 valence electrons. The van der Waals surface area contributed by atoms with Crippen LogP contribution in [0.25, 0.3) is 0 Å². The van der Waals surface area contributed by atoms with Crippen LogP contribution in [0, 0.1) is 5.92 Å². The molecule has 0 spiro atoms. The van der Waals surface area contributed by atoms with Crippen molar-refractivity contribution in [3.8, 4) is 0 Å². The van der Waals surface area contributed by atoms with Gasteiger partial charge in [-0.05, 0) is 24.5 Å². The first-order valence-corrected chi connectivity index (χ1v) is 7.13. The van der Waals surface area contributed by atoms with E-state index in [0.29, 0.717) is 17.3 Å². The Morgan fingerprint density at radius 3 is 2.84 bits per heavy atom. The number of unbranched alkanes of at least 4 members (excludes halogenated alkanes) is 1. The summed E-state index contributed by atoms with van der Waals surface area (Å²) in [6.07, 6.45) is 6.39. The number of rotatable bonds is 8. The Labute approximate surface area is 116 Å². The number of amides is 1. The highest BCUT2D eigenvalue weighted by Crippen LogP contribution is 2.13. The molecule has 4 nitrogen and oxygen atoms in total. The lowest BCUT2D eigenvalue weighted by molar-refractivity contribution is 0.0946. The van der Waals surface area contributed by atoms with Gasteiger partial charge in [0.2, 0.25) is 0 Å². The number of carbonyl (C=O) groups excluding carboxylic acids is 1. The number of pyridine rings is 1. The van der Waals surface area contributed by atoms with Crippen LogP contribution < -0.4 is 10.6 Å². The van der Waals surface area contributed by atoms with E-state index in [2.05, 4.69) is 29.5 Å². The lowest BCUT2D eigenvalue weighted by atomic mass is 9.99. The van der Waals surface area contributed by atoms with Gasteiger partial charge >= 0.3 is 0 Å². The second-order valence-corrected chi connectivity index (χ2v) is 4.78. The summed E-state index contributed by atoms with van der Waals surface area (Å²) in [5.74, 6) is 1.15. The van der Waals surface area contributed by atoms with E-state index in [-0.39, 0.29) is 5.91 Å². The molecule has 4 heteroatoms. The third-order valence-corrected chi connectivity index (χ3v) is 3.38. The molecule has 0 aliphatic rings. The van der Waals surface area contributed by atoms with Crippen molar-refractivity contribution in [3.63, 3.8) is 0 Å². The largest absolute Gasteiger partial charge is 0.372 e. The van der Waals surface area contributed by atoms with Crippen LogP contribution in [0.1, 0.15) is 49.9 Å². The fourth-order valence-electron chi connectivity index (χ4n) is 2.06. The summed E-state index contributed by atoms with van der Waals surface area (Å²) in [6, 6.07) is 3.57. The zero-order valence-corrected chi connectivity index (χ0v) is 12.2. The highest BCUT2D eigenvalue weighted by atomic mass is 16.1. The van der Waals surface area contributed by atoms with Gasteiger partial charge in [-0.15, -0.1) is 0 Å². The Morgan fingerprint density at radius 2 is 2.21 bits per heavy atom. The first-order valence-electron chi connectivity index (χ1n) is 7.13. The number of carbonyl (C=O) groups is 1. The molecule has 1 unspecified atom stereocenters. The van der Waals surface area contributed by atoms with Gasteiger partial charge in [0.25, 0.3) is 5.91 Å². The number of hydrogen-bond acceptors (Lipinski definition) is 3. The predicted octanol–water partition coefficient (Wildman–Crippen LogP) is 3.07. The average molecular weight is 263 g/mol. The van der Waals surface area contributed by atoms with E-state index in [0.717, 1.165) is 13.0 Å².